The van der Waals surface area contributed by atoms with Crippen molar-refractivity contribution in [3.8, 4) is 0 Å². The van der Waals surface area contributed by atoms with Crippen LogP contribution in [0.3, 0.4) is 0 Å². The van der Waals surface area contributed by atoms with Gasteiger partial charge in [0.1, 0.15) is 22.8 Å². The molecule has 1 unspecified atom stereocenters. The second-order valence-electron chi connectivity index (χ2n) is 5.06. The lowest BCUT2D eigenvalue weighted by Gasteiger charge is -2.20. The Morgan fingerprint density at radius 3 is 2.90 bits per heavy atom. The van der Waals surface area contributed by atoms with Crippen molar-refractivity contribution in [3.05, 3.63) is 35.8 Å². The predicted octanol–water partition coefficient (Wildman–Crippen LogP) is 2.41. The molecule has 110 valence electrons. The minimum Gasteiger partial charge on any atom is -0.458 e. The normalized spacial score (nSPS) is 14.6. The lowest BCUT2D eigenvalue weighted by atomic mass is 9.99. The van der Waals surface area contributed by atoms with Crippen molar-refractivity contribution in [3.63, 3.8) is 0 Å². The average Bonchev–Trinajstić information content (AvgIpc) is 2.82. The largest absolute Gasteiger partial charge is 0.458 e. The molecular weight excluding hydrogens is 261 g/mol. The summed E-state index contributed by atoms with van der Waals surface area (Å²) in [6.45, 7) is 3.70. The van der Waals surface area contributed by atoms with E-state index in [2.05, 4.69) is 5.32 Å². The van der Waals surface area contributed by atoms with Crippen molar-refractivity contribution in [2.75, 3.05) is 26.8 Å². The van der Waals surface area contributed by atoms with Crippen LogP contribution in [0.1, 0.15) is 19.1 Å². The highest BCUT2D eigenvalue weighted by atomic mass is 19.1. The van der Waals surface area contributed by atoms with Gasteiger partial charge in [-0.15, -0.1) is 0 Å². The lowest BCUT2D eigenvalue weighted by Crippen LogP contribution is -2.29. The number of hydrogen-bond donors (Lipinski definition) is 2. The Morgan fingerprint density at radius 1 is 1.35 bits per heavy atom. The van der Waals surface area contributed by atoms with Crippen LogP contribution in [0, 0.1) is 5.82 Å². The summed E-state index contributed by atoms with van der Waals surface area (Å²) in [5, 5.41) is 14.3. The van der Waals surface area contributed by atoms with Crippen LogP contribution >= 0.6 is 0 Å². The minimum absolute atomic E-state index is 0.314. The second kappa shape index (κ2) is 6.35. The highest BCUT2D eigenvalue weighted by Crippen LogP contribution is 2.30. The number of fused-ring (bicyclic) bond motifs is 1. The standard InChI is InChI=1S/C15H20FNO3/c1-15(18,5-6-17-7-8-19-2)14-10-11-9-12(16)3-4-13(11)20-14/h3-4,9-10,17-18H,5-8H2,1-2H3. The molecule has 0 spiro atoms. The zero-order chi connectivity index (χ0) is 14.6. The van der Waals surface area contributed by atoms with E-state index in [4.69, 9.17) is 9.15 Å². The molecule has 0 aliphatic heterocycles. The average molecular weight is 281 g/mol. The molecule has 0 aliphatic rings. The summed E-state index contributed by atoms with van der Waals surface area (Å²) in [5.41, 5.74) is -0.510. The molecule has 1 aromatic heterocycles. The third kappa shape index (κ3) is 3.56. The number of methoxy groups -OCH3 is 1. The van der Waals surface area contributed by atoms with Crippen LogP contribution < -0.4 is 5.32 Å². The maximum Gasteiger partial charge on any atom is 0.136 e. The Hall–Kier alpha value is -1.43. The molecule has 1 atom stereocenters. The molecule has 0 saturated carbocycles. The van der Waals surface area contributed by atoms with E-state index in [1.54, 1.807) is 26.2 Å². The molecule has 4 nitrogen and oxygen atoms in total. The maximum absolute atomic E-state index is 13.1. The zero-order valence-corrected chi connectivity index (χ0v) is 11.8. The summed E-state index contributed by atoms with van der Waals surface area (Å²) in [4.78, 5) is 0. The third-order valence-corrected chi connectivity index (χ3v) is 3.28. The van der Waals surface area contributed by atoms with Gasteiger partial charge in [-0.3, -0.25) is 0 Å². The first kappa shape index (κ1) is 15.0. The second-order valence-corrected chi connectivity index (χ2v) is 5.06. The van der Waals surface area contributed by atoms with E-state index in [9.17, 15) is 9.50 Å². The van der Waals surface area contributed by atoms with Gasteiger partial charge in [-0.05, 0) is 44.2 Å². The first-order valence-corrected chi connectivity index (χ1v) is 6.64. The van der Waals surface area contributed by atoms with Crippen molar-refractivity contribution < 1.29 is 18.7 Å². The van der Waals surface area contributed by atoms with Gasteiger partial charge < -0.3 is 19.6 Å². The van der Waals surface area contributed by atoms with Gasteiger partial charge in [-0.2, -0.15) is 0 Å². The summed E-state index contributed by atoms with van der Waals surface area (Å²) < 4.78 is 23.7. The number of aliphatic hydroxyl groups is 1. The molecule has 5 heteroatoms. The van der Waals surface area contributed by atoms with Crippen molar-refractivity contribution in [1.82, 2.24) is 5.32 Å². The smallest absolute Gasteiger partial charge is 0.136 e. The Bertz CT molecular complexity index is 565. The molecule has 2 N–H and O–H groups in total. The van der Waals surface area contributed by atoms with Gasteiger partial charge in [0.2, 0.25) is 0 Å². The zero-order valence-electron chi connectivity index (χ0n) is 11.8. The quantitative estimate of drug-likeness (QED) is 0.765. The van der Waals surface area contributed by atoms with E-state index in [0.717, 1.165) is 6.54 Å². The highest BCUT2D eigenvalue weighted by molar-refractivity contribution is 5.78. The Morgan fingerprint density at radius 2 is 2.15 bits per heavy atom. The Labute approximate surface area is 117 Å². The van der Waals surface area contributed by atoms with E-state index in [-0.39, 0.29) is 5.82 Å². The van der Waals surface area contributed by atoms with Gasteiger partial charge in [-0.25, -0.2) is 4.39 Å². The van der Waals surface area contributed by atoms with Crippen molar-refractivity contribution in [1.29, 1.82) is 0 Å². The topological polar surface area (TPSA) is 54.6 Å². The third-order valence-electron chi connectivity index (χ3n) is 3.28. The Kier molecular flexibility index (Phi) is 4.75. The number of halogens is 1. The van der Waals surface area contributed by atoms with Crippen LogP contribution in [-0.4, -0.2) is 31.9 Å². The number of rotatable bonds is 7. The summed E-state index contributed by atoms with van der Waals surface area (Å²) >= 11 is 0. The minimum atomic E-state index is -1.09. The van der Waals surface area contributed by atoms with Crippen molar-refractivity contribution in [2.45, 2.75) is 18.9 Å². The molecule has 0 fully saturated rings. The molecule has 2 aromatic rings. The predicted molar refractivity (Wildman–Crippen MR) is 75.1 cm³/mol. The first-order chi connectivity index (χ1) is 9.53. The monoisotopic (exact) mass is 281 g/mol. The highest BCUT2D eigenvalue weighted by Gasteiger charge is 2.26. The van der Waals surface area contributed by atoms with Crippen LogP contribution in [0.25, 0.3) is 11.0 Å². The van der Waals surface area contributed by atoms with Crippen LogP contribution in [0.2, 0.25) is 0 Å². The number of benzene rings is 1. The van der Waals surface area contributed by atoms with E-state index in [1.807, 2.05) is 0 Å². The molecule has 0 aliphatic carbocycles. The molecule has 2 rings (SSSR count). The molecule has 20 heavy (non-hydrogen) atoms. The van der Waals surface area contributed by atoms with Gasteiger partial charge in [-0.1, -0.05) is 0 Å². The van der Waals surface area contributed by atoms with Gasteiger partial charge >= 0.3 is 0 Å². The lowest BCUT2D eigenvalue weighted by molar-refractivity contribution is 0.0268. The molecular formula is C15H20FNO3. The number of nitrogens with one attached hydrogen (secondary N) is 1. The fourth-order valence-electron chi connectivity index (χ4n) is 2.03. The number of hydrogen-bond acceptors (Lipinski definition) is 4. The van der Waals surface area contributed by atoms with E-state index in [1.165, 1.54) is 12.1 Å². The first-order valence-electron chi connectivity index (χ1n) is 6.64. The fourth-order valence-corrected chi connectivity index (χ4v) is 2.03. The van der Waals surface area contributed by atoms with Gasteiger partial charge in [0.25, 0.3) is 0 Å². The van der Waals surface area contributed by atoms with Crippen LogP contribution in [0.15, 0.2) is 28.7 Å². The summed E-state index contributed by atoms with van der Waals surface area (Å²) in [7, 11) is 1.64. The maximum atomic E-state index is 13.1. The molecule has 0 saturated heterocycles. The molecule has 0 radical (unpaired) electrons. The number of ether oxygens (including phenoxy) is 1. The summed E-state index contributed by atoms with van der Waals surface area (Å²) in [5.74, 6) is 0.136. The van der Waals surface area contributed by atoms with Gasteiger partial charge in [0, 0.05) is 19.0 Å². The van der Waals surface area contributed by atoms with Gasteiger partial charge in [0.15, 0.2) is 0 Å². The molecule has 1 aromatic carbocycles. The molecule has 1 heterocycles. The van der Waals surface area contributed by atoms with E-state index >= 15 is 0 Å². The Balaban J connectivity index is 2.03. The van der Waals surface area contributed by atoms with Crippen molar-refractivity contribution >= 4 is 11.0 Å². The number of furan rings is 1. The van der Waals surface area contributed by atoms with Crippen LogP contribution in [0.4, 0.5) is 4.39 Å². The van der Waals surface area contributed by atoms with E-state index < -0.39 is 5.60 Å². The molecule has 0 bridgehead atoms. The molecule has 0 amide bonds. The SMILES string of the molecule is COCCNCCC(C)(O)c1cc2cc(F)ccc2o1. The summed E-state index contributed by atoms with van der Waals surface area (Å²) in [6.07, 6.45) is 0.499. The van der Waals surface area contributed by atoms with Crippen molar-refractivity contribution in [2.24, 2.45) is 0 Å². The van der Waals surface area contributed by atoms with Crippen LogP contribution in [0.5, 0.6) is 0 Å². The van der Waals surface area contributed by atoms with Gasteiger partial charge in [0.05, 0.1) is 6.61 Å². The van der Waals surface area contributed by atoms with Crippen LogP contribution in [-0.2, 0) is 10.3 Å². The summed E-state index contributed by atoms with van der Waals surface area (Å²) in [6, 6.07) is 6.00. The van der Waals surface area contributed by atoms with E-state index in [0.29, 0.717) is 36.3 Å². The fraction of sp³-hybridized carbons (Fsp3) is 0.467.